The van der Waals surface area contributed by atoms with Crippen molar-refractivity contribution in [3.63, 3.8) is 0 Å². The molecule has 136 valence electrons. The fourth-order valence-electron chi connectivity index (χ4n) is 2.70. The summed E-state index contributed by atoms with van der Waals surface area (Å²) in [5.74, 6) is 0.378. The van der Waals surface area contributed by atoms with Crippen LogP contribution in [-0.4, -0.2) is 43.0 Å². The molecule has 1 saturated heterocycles. The van der Waals surface area contributed by atoms with Gasteiger partial charge in [0.05, 0.1) is 18.4 Å². The number of hydrogen-bond acceptors (Lipinski definition) is 5. The van der Waals surface area contributed by atoms with Crippen molar-refractivity contribution in [3.05, 3.63) is 48.7 Å². The van der Waals surface area contributed by atoms with Gasteiger partial charge in [-0.25, -0.2) is 4.98 Å². The number of para-hydroxylation sites is 1. The van der Waals surface area contributed by atoms with Crippen LogP contribution < -0.4 is 20.3 Å². The van der Waals surface area contributed by atoms with E-state index in [1.54, 1.807) is 24.4 Å². The number of benzene rings is 1. The third-order valence-electron chi connectivity index (χ3n) is 4.05. The topological polar surface area (TPSA) is 83.6 Å². The molecule has 26 heavy (non-hydrogen) atoms. The van der Waals surface area contributed by atoms with Crippen molar-refractivity contribution in [1.82, 2.24) is 10.3 Å². The fraction of sp³-hybridized carbons (Fsp3) is 0.316. The summed E-state index contributed by atoms with van der Waals surface area (Å²) >= 11 is 0. The summed E-state index contributed by atoms with van der Waals surface area (Å²) in [5, 5.41) is 5.18. The maximum absolute atomic E-state index is 11.9. The Bertz CT molecular complexity index is 728. The second-order valence-electron chi connectivity index (χ2n) is 6.02. The largest absolute Gasteiger partial charge is 0.484 e. The zero-order valence-electron chi connectivity index (χ0n) is 14.5. The van der Waals surface area contributed by atoms with Gasteiger partial charge >= 0.3 is 0 Å². The Morgan fingerprint density at radius 1 is 1.04 bits per heavy atom. The maximum atomic E-state index is 11.9. The molecular weight excluding hydrogens is 332 g/mol. The number of hydrogen-bond donors (Lipinski definition) is 2. The Balaban J connectivity index is 1.38. The third kappa shape index (κ3) is 5.20. The zero-order chi connectivity index (χ0) is 18.2. The Morgan fingerprint density at radius 2 is 1.81 bits per heavy atom. The van der Waals surface area contributed by atoms with Gasteiger partial charge in [-0.1, -0.05) is 18.2 Å². The molecule has 0 aliphatic carbocycles. The smallest absolute Gasteiger partial charge is 0.258 e. The van der Waals surface area contributed by atoms with E-state index in [2.05, 4.69) is 20.5 Å². The first-order chi connectivity index (χ1) is 12.7. The molecule has 0 saturated carbocycles. The van der Waals surface area contributed by atoms with E-state index in [4.69, 9.17) is 4.74 Å². The number of nitrogens with one attached hydrogen (secondary N) is 2. The van der Waals surface area contributed by atoms with Crippen LogP contribution in [0.1, 0.15) is 12.8 Å². The van der Waals surface area contributed by atoms with Crippen LogP contribution in [0.5, 0.6) is 5.75 Å². The molecule has 0 unspecified atom stereocenters. The average molecular weight is 354 g/mol. The molecule has 0 radical (unpaired) electrons. The first-order valence-electron chi connectivity index (χ1n) is 8.66. The van der Waals surface area contributed by atoms with Crippen LogP contribution in [0, 0.1) is 0 Å². The van der Waals surface area contributed by atoms with Gasteiger partial charge in [0.2, 0.25) is 5.91 Å². The normalized spacial score (nSPS) is 13.3. The minimum Gasteiger partial charge on any atom is -0.484 e. The average Bonchev–Trinajstić information content (AvgIpc) is 3.21. The van der Waals surface area contributed by atoms with Gasteiger partial charge in [-0.05, 0) is 37.1 Å². The van der Waals surface area contributed by atoms with Gasteiger partial charge in [0, 0.05) is 13.1 Å². The lowest BCUT2D eigenvalue weighted by Crippen LogP contribution is -2.35. The summed E-state index contributed by atoms with van der Waals surface area (Å²) in [5.41, 5.74) is 1.06. The number of anilines is 2. The van der Waals surface area contributed by atoms with Crippen molar-refractivity contribution >= 4 is 23.3 Å². The highest BCUT2D eigenvalue weighted by Gasteiger charge is 2.13. The van der Waals surface area contributed by atoms with Crippen molar-refractivity contribution in [1.29, 1.82) is 0 Å². The molecule has 1 aromatic carbocycles. The van der Waals surface area contributed by atoms with Crippen LogP contribution in [0.3, 0.4) is 0 Å². The Labute approximate surface area is 152 Å². The predicted octanol–water partition coefficient (Wildman–Crippen LogP) is 1.82. The van der Waals surface area contributed by atoms with Crippen molar-refractivity contribution in [3.8, 4) is 5.75 Å². The molecule has 2 amide bonds. The molecule has 2 heterocycles. The van der Waals surface area contributed by atoms with E-state index in [9.17, 15) is 9.59 Å². The summed E-state index contributed by atoms with van der Waals surface area (Å²) in [7, 11) is 0. The number of rotatable bonds is 7. The molecule has 2 aromatic rings. The van der Waals surface area contributed by atoms with Crippen LogP contribution in [0.2, 0.25) is 0 Å². The maximum Gasteiger partial charge on any atom is 0.258 e. The molecule has 0 atom stereocenters. The van der Waals surface area contributed by atoms with Gasteiger partial charge in [-0.3, -0.25) is 9.59 Å². The number of pyridine rings is 1. The highest BCUT2D eigenvalue weighted by atomic mass is 16.5. The Kier molecular flexibility index (Phi) is 6.03. The summed E-state index contributed by atoms with van der Waals surface area (Å²) in [6, 6.07) is 12.7. The van der Waals surface area contributed by atoms with Gasteiger partial charge in [0.25, 0.3) is 5.91 Å². The monoisotopic (exact) mass is 354 g/mol. The quantitative estimate of drug-likeness (QED) is 0.792. The zero-order valence-corrected chi connectivity index (χ0v) is 14.5. The number of ether oxygens (including phenoxy) is 1. The molecule has 7 nitrogen and oxygen atoms in total. The van der Waals surface area contributed by atoms with E-state index in [1.807, 2.05) is 24.3 Å². The van der Waals surface area contributed by atoms with Gasteiger partial charge in [-0.2, -0.15) is 0 Å². The number of carbonyl (C=O) groups is 2. The van der Waals surface area contributed by atoms with Crippen molar-refractivity contribution in [2.45, 2.75) is 12.8 Å². The van der Waals surface area contributed by atoms with Crippen LogP contribution in [0.25, 0.3) is 0 Å². The number of amides is 2. The first-order valence-corrected chi connectivity index (χ1v) is 8.66. The van der Waals surface area contributed by atoms with E-state index >= 15 is 0 Å². The lowest BCUT2D eigenvalue weighted by Gasteiger charge is -2.17. The van der Waals surface area contributed by atoms with Crippen molar-refractivity contribution in [2.75, 3.05) is 36.5 Å². The van der Waals surface area contributed by atoms with Gasteiger partial charge < -0.3 is 20.3 Å². The van der Waals surface area contributed by atoms with Gasteiger partial charge in [0.1, 0.15) is 11.6 Å². The second-order valence-corrected chi connectivity index (χ2v) is 6.02. The molecule has 1 fully saturated rings. The van der Waals surface area contributed by atoms with Crippen molar-refractivity contribution < 1.29 is 14.3 Å². The summed E-state index contributed by atoms with van der Waals surface area (Å²) < 4.78 is 5.32. The first kappa shape index (κ1) is 17.7. The molecule has 1 aliphatic rings. The Hall–Kier alpha value is -3.09. The number of aromatic nitrogens is 1. The molecule has 1 aliphatic heterocycles. The molecule has 1 aromatic heterocycles. The summed E-state index contributed by atoms with van der Waals surface area (Å²) in [4.78, 5) is 30.2. The van der Waals surface area contributed by atoms with E-state index in [-0.39, 0.29) is 25.0 Å². The lowest BCUT2D eigenvalue weighted by molar-refractivity contribution is -0.125. The third-order valence-corrected chi connectivity index (χ3v) is 4.05. The Morgan fingerprint density at radius 3 is 2.50 bits per heavy atom. The standard InChI is InChI=1S/C19H22N4O3/c24-18(13-21-19(25)14-26-16-6-2-1-3-7-16)22-17-9-8-15(12-20-17)23-10-4-5-11-23/h1-3,6-9,12H,4-5,10-11,13-14H2,(H,21,25)(H,20,22,24). The fourth-order valence-corrected chi connectivity index (χ4v) is 2.70. The van der Waals surface area contributed by atoms with E-state index in [1.165, 1.54) is 12.8 Å². The highest BCUT2D eigenvalue weighted by Crippen LogP contribution is 2.20. The van der Waals surface area contributed by atoms with E-state index in [0.717, 1.165) is 18.8 Å². The second kappa shape index (κ2) is 8.84. The molecule has 2 N–H and O–H groups in total. The number of nitrogens with zero attached hydrogens (tertiary/aromatic N) is 2. The number of carbonyl (C=O) groups excluding carboxylic acids is 2. The highest BCUT2D eigenvalue weighted by molar-refractivity contribution is 5.94. The SMILES string of the molecule is O=C(COc1ccccc1)NCC(=O)Nc1ccc(N2CCCC2)cn1. The molecule has 0 bridgehead atoms. The van der Waals surface area contributed by atoms with Gasteiger partial charge in [0.15, 0.2) is 6.61 Å². The molecule has 7 heteroatoms. The molecule has 3 rings (SSSR count). The van der Waals surface area contributed by atoms with Crippen molar-refractivity contribution in [2.24, 2.45) is 0 Å². The van der Waals surface area contributed by atoms with Crippen LogP contribution in [0.4, 0.5) is 11.5 Å². The molecular formula is C19H22N4O3. The summed E-state index contributed by atoms with van der Waals surface area (Å²) in [6.45, 7) is 1.82. The minimum atomic E-state index is -0.360. The summed E-state index contributed by atoms with van der Waals surface area (Å²) in [6.07, 6.45) is 4.16. The minimum absolute atomic E-state index is 0.132. The van der Waals surface area contributed by atoms with Crippen LogP contribution in [-0.2, 0) is 9.59 Å². The van der Waals surface area contributed by atoms with E-state index < -0.39 is 0 Å². The molecule has 0 spiro atoms. The lowest BCUT2D eigenvalue weighted by atomic mass is 10.3. The van der Waals surface area contributed by atoms with Crippen LogP contribution >= 0.6 is 0 Å². The van der Waals surface area contributed by atoms with Gasteiger partial charge in [-0.15, -0.1) is 0 Å². The van der Waals surface area contributed by atoms with E-state index in [0.29, 0.717) is 11.6 Å². The van der Waals surface area contributed by atoms with Crippen LogP contribution in [0.15, 0.2) is 48.7 Å². The predicted molar refractivity (Wildman–Crippen MR) is 99.3 cm³/mol.